The lowest BCUT2D eigenvalue weighted by Gasteiger charge is -2.27. The molecule has 0 bridgehead atoms. The topological polar surface area (TPSA) is 82.6 Å². The number of hydrogen-bond acceptors (Lipinski definition) is 3. The summed E-state index contributed by atoms with van der Waals surface area (Å²) >= 11 is 0. The van der Waals surface area contributed by atoms with Crippen LogP contribution in [-0.2, 0) is 20.0 Å². The third-order valence-electron chi connectivity index (χ3n) is 6.01. The van der Waals surface area contributed by atoms with Crippen molar-refractivity contribution in [1.82, 2.24) is 29.9 Å². The molecule has 2 aliphatic rings. The predicted molar refractivity (Wildman–Crippen MR) is 101 cm³/mol. The zero-order valence-corrected chi connectivity index (χ0v) is 15.5. The van der Waals surface area contributed by atoms with Crippen LogP contribution in [0.25, 0.3) is 11.4 Å². The Hall–Kier alpha value is -2.83. The van der Waals surface area contributed by atoms with E-state index in [4.69, 9.17) is 0 Å². The number of carbonyl (C=O) groups is 1. The van der Waals surface area contributed by atoms with E-state index in [2.05, 4.69) is 20.4 Å². The number of fused-ring (bicyclic) bond motifs is 1. The van der Waals surface area contributed by atoms with Crippen LogP contribution in [-0.4, -0.2) is 42.3 Å². The Morgan fingerprint density at radius 3 is 2.85 bits per heavy atom. The van der Waals surface area contributed by atoms with Crippen molar-refractivity contribution in [3.8, 4) is 11.4 Å². The number of amides is 1. The van der Waals surface area contributed by atoms with E-state index in [1.807, 2.05) is 40.9 Å². The predicted octanol–water partition coefficient (Wildman–Crippen LogP) is 2.99. The second-order valence-corrected chi connectivity index (χ2v) is 7.70. The lowest BCUT2D eigenvalue weighted by molar-refractivity contribution is 0.0727. The van der Waals surface area contributed by atoms with Gasteiger partial charge in [-0.1, -0.05) is 12.8 Å². The normalized spacial score (nSPS) is 17.4. The maximum atomic E-state index is 13.0. The number of aromatic amines is 2. The van der Waals surface area contributed by atoms with Crippen LogP contribution in [0, 0.1) is 0 Å². The first-order valence-corrected chi connectivity index (χ1v) is 9.73. The van der Waals surface area contributed by atoms with Crippen molar-refractivity contribution in [3.05, 3.63) is 47.0 Å². The smallest absolute Gasteiger partial charge is 0.272 e. The SMILES string of the molecule is Cn1cccc1-c1cc(C(=O)N2CCc3[nH]nc(C4CCCC4)c3C2)[nH]n1. The summed E-state index contributed by atoms with van der Waals surface area (Å²) in [6, 6.07) is 5.82. The number of aryl methyl sites for hydroxylation is 1. The molecule has 0 saturated heterocycles. The fourth-order valence-corrected chi connectivity index (χ4v) is 4.49. The lowest BCUT2D eigenvalue weighted by Crippen LogP contribution is -2.36. The van der Waals surface area contributed by atoms with E-state index in [0.29, 0.717) is 24.7 Å². The molecule has 3 aromatic rings. The Labute approximate surface area is 157 Å². The van der Waals surface area contributed by atoms with Gasteiger partial charge in [0.2, 0.25) is 0 Å². The van der Waals surface area contributed by atoms with E-state index in [-0.39, 0.29) is 5.91 Å². The van der Waals surface area contributed by atoms with Crippen molar-refractivity contribution >= 4 is 5.91 Å². The summed E-state index contributed by atoms with van der Waals surface area (Å²) in [5.41, 5.74) is 5.96. The summed E-state index contributed by atoms with van der Waals surface area (Å²) in [7, 11) is 1.97. The molecule has 2 N–H and O–H groups in total. The summed E-state index contributed by atoms with van der Waals surface area (Å²) in [6.45, 7) is 1.34. The number of hydrogen-bond donors (Lipinski definition) is 2. The molecule has 1 aliphatic carbocycles. The minimum atomic E-state index is 0.00665. The molecule has 4 heterocycles. The molecule has 1 saturated carbocycles. The van der Waals surface area contributed by atoms with Crippen LogP contribution < -0.4 is 0 Å². The molecule has 140 valence electrons. The summed E-state index contributed by atoms with van der Waals surface area (Å²) in [5, 5.41) is 15.1. The molecule has 5 rings (SSSR count). The van der Waals surface area contributed by atoms with E-state index in [1.54, 1.807) is 0 Å². The minimum Gasteiger partial charge on any atom is -0.349 e. The summed E-state index contributed by atoms with van der Waals surface area (Å²) in [4.78, 5) is 15.0. The first-order valence-electron chi connectivity index (χ1n) is 9.73. The van der Waals surface area contributed by atoms with Crippen molar-refractivity contribution in [2.24, 2.45) is 7.05 Å². The first kappa shape index (κ1) is 16.4. The number of nitrogens with zero attached hydrogens (tertiary/aromatic N) is 4. The van der Waals surface area contributed by atoms with Gasteiger partial charge in [0, 0.05) is 49.9 Å². The highest BCUT2D eigenvalue weighted by Crippen LogP contribution is 2.37. The quantitative estimate of drug-likeness (QED) is 0.749. The van der Waals surface area contributed by atoms with Gasteiger partial charge in [-0.15, -0.1) is 0 Å². The second kappa shape index (κ2) is 6.40. The largest absolute Gasteiger partial charge is 0.349 e. The van der Waals surface area contributed by atoms with Gasteiger partial charge in [0.05, 0.1) is 11.4 Å². The number of aromatic nitrogens is 5. The van der Waals surface area contributed by atoms with E-state index in [9.17, 15) is 4.79 Å². The molecular weight excluding hydrogens is 340 g/mol. The molecule has 3 aromatic heterocycles. The summed E-state index contributed by atoms with van der Waals surface area (Å²) in [6.07, 6.45) is 7.80. The zero-order valence-electron chi connectivity index (χ0n) is 15.5. The summed E-state index contributed by atoms with van der Waals surface area (Å²) < 4.78 is 2.00. The highest BCUT2D eigenvalue weighted by molar-refractivity contribution is 5.93. The Balaban J connectivity index is 1.37. The van der Waals surface area contributed by atoms with Gasteiger partial charge in [-0.05, 0) is 31.0 Å². The number of H-pyrrole nitrogens is 2. The van der Waals surface area contributed by atoms with Crippen LogP contribution in [0.4, 0.5) is 0 Å². The van der Waals surface area contributed by atoms with E-state index in [0.717, 1.165) is 17.8 Å². The van der Waals surface area contributed by atoms with Gasteiger partial charge < -0.3 is 9.47 Å². The Bertz CT molecular complexity index is 974. The van der Waals surface area contributed by atoms with Gasteiger partial charge in [-0.2, -0.15) is 10.2 Å². The van der Waals surface area contributed by atoms with Gasteiger partial charge in [-0.3, -0.25) is 15.0 Å². The van der Waals surface area contributed by atoms with Crippen LogP contribution in [0.3, 0.4) is 0 Å². The zero-order chi connectivity index (χ0) is 18.4. The minimum absolute atomic E-state index is 0.00665. The fraction of sp³-hybridized carbons (Fsp3) is 0.450. The highest BCUT2D eigenvalue weighted by Gasteiger charge is 2.30. The molecule has 27 heavy (non-hydrogen) atoms. The molecule has 0 spiro atoms. The second-order valence-electron chi connectivity index (χ2n) is 7.70. The van der Waals surface area contributed by atoms with Gasteiger partial charge >= 0.3 is 0 Å². The van der Waals surface area contributed by atoms with Gasteiger partial charge in [-0.25, -0.2) is 0 Å². The number of carbonyl (C=O) groups excluding carboxylic acids is 1. The molecule has 7 nitrogen and oxygen atoms in total. The van der Waals surface area contributed by atoms with E-state index >= 15 is 0 Å². The standard InChI is InChI=1S/C20H24N6O/c1-25-9-4-7-18(25)16-11-17(23-22-16)20(27)26-10-8-15-14(12-26)19(24-21-15)13-5-2-3-6-13/h4,7,9,11,13H,2-3,5-6,8,10,12H2,1H3,(H,21,24)(H,22,23). The number of nitrogens with one attached hydrogen (secondary N) is 2. The maximum absolute atomic E-state index is 13.0. The van der Waals surface area contributed by atoms with Crippen LogP contribution in [0.15, 0.2) is 24.4 Å². The Morgan fingerprint density at radius 2 is 2.07 bits per heavy atom. The molecule has 0 radical (unpaired) electrons. The van der Waals surface area contributed by atoms with Crippen molar-refractivity contribution < 1.29 is 4.79 Å². The Kier molecular flexibility index (Phi) is 3.88. The highest BCUT2D eigenvalue weighted by atomic mass is 16.2. The average Bonchev–Trinajstić information content (AvgIpc) is 3.45. The lowest BCUT2D eigenvalue weighted by atomic mass is 9.96. The Morgan fingerprint density at radius 1 is 1.22 bits per heavy atom. The molecule has 0 unspecified atom stereocenters. The molecule has 7 heteroatoms. The van der Waals surface area contributed by atoms with E-state index in [1.165, 1.54) is 42.6 Å². The van der Waals surface area contributed by atoms with Crippen molar-refractivity contribution in [2.45, 2.75) is 44.6 Å². The van der Waals surface area contributed by atoms with Gasteiger partial charge in [0.25, 0.3) is 5.91 Å². The molecule has 1 aliphatic heterocycles. The van der Waals surface area contributed by atoms with Crippen molar-refractivity contribution in [2.75, 3.05) is 6.54 Å². The first-order chi connectivity index (χ1) is 13.2. The average molecular weight is 364 g/mol. The van der Waals surface area contributed by atoms with Crippen LogP contribution >= 0.6 is 0 Å². The number of rotatable bonds is 3. The summed E-state index contributed by atoms with van der Waals surface area (Å²) in [5.74, 6) is 0.559. The fourth-order valence-electron chi connectivity index (χ4n) is 4.49. The maximum Gasteiger partial charge on any atom is 0.272 e. The molecule has 1 fully saturated rings. The van der Waals surface area contributed by atoms with E-state index < -0.39 is 0 Å². The van der Waals surface area contributed by atoms with Crippen LogP contribution in [0.1, 0.15) is 59.0 Å². The van der Waals surface area contributed by atoms with Crippen molar-refractivity contribution in [1.29, 1.82) is 0 Å². The third kappa shape index (κ3) is 2.78. The van der Waals surface area contributed by atoms with Gasteiger partial charge in [0.15, 0.2) is 0 Å². The molecule has 0 atom stereocenters. The van der Waals surface area contributed by atoms with Gasteiger partial charge in [0.1, 0.15) is 11.4 Å². The van der Waals surface area contributed by atoms with Crippen LogP contribution in [0.5, 0.6) is 0 Å². The van der Waals surface area contributed by atoms with Crippen LogP contribution in [0.2, 0.25) is 0 Å². The monoisotopic (exact) mass is 364 g/mol. The van der Waals surface area contributed by atoms with Crippen molar-refractivity contribution in [3.63, 3.8) is 0 Å². The third-order valence-corrected chi connectivity index (χ3v) is 6.01. The molecule has 0 aromatic carbocycles. The molecular formula is C20H24N6O. The molecule has 1 amide bonds.